The van der Waals surface area contributed by atoms with Crippen LogP contribution in [0.4, 0.5) is 0 Å². The normalized spacial score (nSPS) is 22.6. The predicted molar refractivity (Wildman–Crippen MR) is 259 cm³/mol. The van der Waals surface area contributed by atoms with Crippen LogP contribution in [0.1, 0.15) is 80.8 Å². The van der Waals surface area contributed by atoms with E-state index in [4.69, 9.17) is 21.1 Å². The third-order valence-electron chi connectivity index (χ3n) is 14.6. The Bertz CT molecular complexity index is 2880. The lowest BCUT2D eigenvalue weighted by Gasteiger charge is -2.43. The average Bonchev–Trinajstić information content (AvgIpc) is 3.81. The van der Waals surface area contributed by atoms with Crippen LogP contribution in [0.2, 0.25) is 5.02 Å². The van der Waals surface area contributed by atoms with E-state index in [9.17, 15) is 34.2 Å². The minimum Gasteiger partial charge on any atom is -0.497 e. The monoisotopic (exact) mass is 959 g/mol. The molecule has 69 heavy (non-hydrogen) atoms. The number of fused-ring (bicyclic) bond motifs is 3. The molecule has 0 bridgehead atoms. The first kappa shape index (κ1) is 47.6. The first-order valence-electron chi connectivity index (χ1n) is 23.6. The lowest BCUT2D eigenvalue weighted by Crippen LogP contribution is -2.60. The Morgan fingerprint density at radius 1 is 0.928 bits per heavy atom. The summed E-state index contributed by atoms with van der Waals surface area (Å²) in [5.41, 5.74) is 3.63. The summed E-state index contributed by atoms with van der Waals surface area (Å²) in [5, 5.41) is 27.6. The molecule has 3 aliphatic heterocycles. The number of hydrogen-bond donors (Lipinski definition) is 2. The Morgan fingerprint density at radius 2 is 1.70 bits per heavy atom. The maximum atomic E-state index is 13.8. The van der Waals surface area contributed by atoms with Gasteiger partial charge in [-0.2, -0.15) is 5.10 Å². The van der Waals surface area contributed by atoms with Crippen molar-refractivity contribution in [1.29, 1.82) is 0 Å². The summed E-state index contributed by atoms with van der Waals surface area (Å²) in [6.45, 7) is 8.09. The Morgan fingerprint density at radius 3 is 2.43 bits per heavy atom. The number of imide groups is 1. The highest BCUT2D eigenvalue weighted by atomic mass is 35.5. The van der Waals surface area contributed by atoms with Gasteiger partial charge in [0.15, 0.2) is 6.61 Å². The number of piperidine rings is 1. The highest BCUT2D eigenvalue weighted by Crippen LogP contribution is 2.43. The number of likely N-dealkylation sites (N-methyl/N-ethyl adjacent to an activating group) is 1. The number of rotatable bonds is 14. The van der Waals surface area contributed by atoms with Gasteiger partial charge in [-0.15, -0.1) is 0 Å². The lowest BCUT2D eigenvalue weighted by molar-refractivity contribution is -0.167. The number of piperazine rings is 1. The zero-order chi connectivity index (χ0) is 48.9. The Labute approximate surface area is 405 Å². The predicted octanol–water partition coefficient (Wildman–Crippen LogP) is 6.31. The molecule has 2 saturated heterocycles. The molecule has 2 aromatic carbocycles. The molecule has 17 heteroatoms. The van der Waals surface area contributed by atoms with Gasteiger partial charge in [-0.05, 0) is 88.6 Å². The second-order valence-electron chi connectivity index (χ2n) is 18.8. The molecule has 2 aliphatic carbocycles. The van der Waals surface area contributed by atoms with Gasteiger partial charge in [0.1, 0.15) is 29.0 Å². The molecule has 16 nitrogen and oxygen atoms in total. The van der Waals surface area contributed by atoms with Gasteiger partial charge in [0.25, 0.3) is 17.7 Å². The van der Waals surface area contributed by atoms with Gasteiger partial charge in [-0.25, -0.2) is 4.79 Å². The number of carbonyl (C=O) groups is 5. The Kier molecular flexibility index (Phi) is 13.2. The van der Waals surface area contributed by atoms with Gasteiger partial charge >= 0.3 is 5.97 Å². The van der Waals surface area contributed by atoms with Gasteiger partial charge in [0, 0.05) is 81.5 Å². The van der Waals surface area contributed by atoms with E-state index in [1.165, 1.54) is 26.1 Å². The first-order valence-corrected chi connectivity index (χ1v) is 24.0. The summed E-state index contributed by atoms with van der Waals surface area (Å²) in [5.74, 6) is -1.73. The smallest absolute Gasteiger partial charge is 0.352 e. The molecular weight excluding hydrogens is 902 g/mol. The number of amides is 4. The third kappa shape index (κ3) is 8.78. The number of nitrogens with zero attached hydrogens (tertiary/aromatic N) is 7. The third-order valence-corrected chi connectivity index (χ3v) is 14.9. The highest BCUT2D eigenvalue weighted by Gasteiger charge is 2.50. The van der Waals surface area contributed by atoms with E-state index in [1.54, 1.807) is 11.0 Å². The van der Waals surface area contributed by atoms with Crippen molar-refractivity contribution in [2.24, 2.45) is 18.9 Å². The van der Waals surface area contributed by atoms with Crippen LogP contribution in [0.25, 0.3) is 22.0 Å². The van der Waals surface area contributed by atoms with E-state index in [2.05, 4.69) is 40.4 Å². The van der Waals surface area contributed by atoms with Crippen molar-refractivity contribution in [2.75, 3.05) is 53.0 Å². The number of likely N-dealkylation sites (tertiary alicyclic amines) is 1. The molecule has 3 unspecified atom stereocenters. The molecule has 5 aliphatic rings. The maximum absolute atomic E-state index is 13.8. The van der Waals surface area contributed by atoms with Crippen molar-refractivity contribution < 1.29 is 43.7 Å². The quantitative estimate of drug-likeness (QED) is 0.107. The van der Waals surface area contributed by atoms with Crippen LogP contribution < -0.4 is 4.74 Å². The van der Waals surface area contributed by atoms with Crippen LogP contribution in [0, 0.1) is 25.7 Å². The van der Waals surface area contributed by atoms with Crippen LogP contribution in [0.3, 0.4) is 0 Å². The number of ether oxygens (including phenoxy) is 2. The van der Waals surface area contributed by atoms with Crippen LogP contribution >= 0.6 is 11.6 Å². The maximum Gasteiger partial charge on any atom is 0.352 e. The van der Waals surface area contributed by atoms with Crippen molar-refractivity contribution in [3.63, 3.8) is 0 Å². The van der Waals surface area contributed by atoms with Crippen LogP contribution in [0.5, 0.6) is 5.75 Å². The summed E-state index contributed by atoms with van der Waals surface area (Å²) in [6, 6.07) is 7.28. The fraction of sp³-hybridized carbons (Fsp3) is 0.423. The zero-order valence-corrected chi connectivity index (χ0v) is 40.4. The largest absolute Gasteiger partial charge is 0.497 e. The molecule has 0 spiro atoms. The molecule has 2 aromatic heterocycles. The topological polar surface area (TPSA) is 180 Å². The summed E-state index contributed by atoms with van der Waals surface area (Å²) in [6.07, 6.45) is 17.0. The van der Waals surface area contributed by atoms with Crippen molar-refractivity contribution in [3.05, 3.63) is 117 Å². The number of carboxylic acids is 1. The molecule has 5 heterocycles. The van der Waals surface area contributed by atoms with Gasteiger partial charge in [-0.1, -0.05) is 60.2 Å². The number of aliphatic hydroxyl groups is 1. The molecule has 362 valence electrons. The highest BCUT2D eigenvalue weighted by molar-refractivity contribution is 6.35. The molecule has 4 aromatic rings. The van der Waals surface area contributed by atoms with Gasteiger partial charge in [0.05, 0.1) is 34.0 Å². The molecule has 2 fully saturated rings. The Hall–Kier alpha value is -6.49. The van der Waals surface area contributed by atoms with E-state index in [0.717, 1.165) is 55.4 Å². The zero-order valence-electron chi connectivity index (χ0n) is 39.6. The number of aryl methyl sites for hydroxylation is 3. The van der Waals surface area contributed by atoms with Gasteiger partial charge in [0.2, 0.25) is 5.91 Å². The molecule has 4 atom stereocenters. The summed E-state index contributed by atoms with van der Waals surface area (Å²) in [7, 11) is 3.32. The molecule has 2 N–H and O–H groups in total. The number of halogens is 1. The van der Waals surface area contributed by atoms with Crippen molar-refractivity contribution in [1.82, 2.24) is 33.9 Å². The minimum atomic E-state index is -1.40. The number of aromatic nitrogens is 3. The fourth-order valence-electron chi connectivity index (χ4n) is 10.6. The number of benzene rings is 2. The molecule has 9 rings (SSSR count). The number of carbonyl (C=O) groups excluding carboxylic acids is 4. The van der Waals surface area contributed by atoms with E-state index in [-0.39, 0.29) is 53.8 Å². The second-order valence-corrected chi connectivity index (χ2v) is 19.2. The molecular formula is C52H58ClN7O9. The van der Waals surface area contributed by atoms with E-state index in [0.29, 0.717) is 75.2 Å². The molecule has 4 amide bonds. The summed E-state index contributed by atoms with van der Waals surface area (Å²) < 4.78 is 16.1. The lowest BCUT2D eigenvalue weighted by atomic mass is 9.85. The van der Waals surface area contributed by atoms with Gasteiger partial charge in [-0.3, -0.25) is 33.7 Å². The fourth-order valence-corrected chi connectivity index (χ4v) is 10.9. The summed E-state index contributed by atoms with van der Waals surface area (Å²) in [4.78, 5) is 73.5. The first-order chi connectivity index (χ1) is 33.1. The number of allylic oxidation sites excluding steroid dienone is 7. The van der Waals surface area contributed by atoms with E-state index < -0.39 is 35.5 Å². The summed E-state index contributed by atoms with van der Waals surface area (Å²) >= 11 is 7.09. The SMILES string of the molecule is Cc1nn(C)c(C)c1-c1c(Cl)ccc2c(CCCOC3=CC=CCC4C=CC=C[C@@H]34)c(C(=O)O)n(CCN3CCN(C(=O)COc4cccc5c4C(=O)N(C4CCC(C)(O)N(C)C4=O)C5=O)CC3)c12. The van der Waals surface area contributed by atoms with E-state index >= 15 is 0 Å². The molecule has 0 radical (unpaired) electrons. The van der Waals surface area contributed by atoms with Crippen LogP contribution in [-0.2, 0) is 34.3 Å². The van der Waals surface area contributed by atoms with Crippen molar-refractivity contribution in [2.45, 2.75) is 71.2 Å². The molecule has 0 saturated carbocycles. The van der Waals surface area contributed by atoms with Crippen molar-refractivity contribution >= 4 is 52.1 Å². The minimum absolute atomic E-state index is 0.000962. The number of hydrogen-bond acceptors (Lipinski definition) is 10. The Balaban J connectivity index is 0.888. The van der Waals surface area contributed by atoms with E-state index in [1.807, 2.05) is 54.4 Å². The average molecular weight is 961 g/mol. The standard InChI is InChI=1S/C52H58ClN7O9/c1-31-43(32(2)56(5)54-31)45-38(53)20-19-36-35(16-11-29-68-40-17-9-7-13-33-12-6-8-14-34(33)40)47(51(65)66)59(46(36)45)28-25-57-23-26-58(27-24-57)42(61)30-69-41-18-10-15-37-44(41)50(64)60(48(37)62)39-21-22-52(3,67)55(4)49(39)63/h6-10,12,14-15,17-20,33-34,39,67H,11,13,16,21-30H2,1-5H3,(H,65,66)/t33?,34-,39?,52?/m1/s1. The van der Waals surface area contributed by atoms with Crippen LogP contribution in [-0.4, -0.2) is 139 Å². The van der Waals surface area contributed by atoms with Crippen molar-refractivity contribution in [3.8, 4) is 16.9 Å². The number of carboxylic acid groups (broad SMARTS) is 1. The van der Waals surface area contributed by atoms with Crippen LogP contribution in [0.15, 0.2) is 78.6 Å². The van der Waals surface area contributed by atoms with Gasteiger partial charge < -0.3 is 34.1 Å². The number of aromatic carboxylic acids is 1. The second kappa shape index (κ2) is 19.1.